The number of carbonyl (C=O) groups excluding carboxylic acids is 4. The molecule has 0 atom stereocenters. The van der Waals surface area contributed by atoms with Crippen LogP contribution in [0.1, 0.15) is 116 Å². The molecule has 4 aromatic carbocycles. The minimum Gasteiger partial charge on any atom is -0.496 e. The number of aromatic nitrogens is 1. The van der Waals surface area contributed by atoms with Gasteiger partial charge in [0.25, 0.3) is 0 Å². The Morgan fingerprint density at radius 2 is 1.19 bits per heavy atom. The van der Waals surface area contributed by atoms with Crippen LogP contribution in [-0.2, 0) is 30.2 Å². The van der Waals surface area contributed by atoms with Crippen LogP contribution in [0.15, 0.2) is 121 Å². The Labute approximate surface area is 413 Å². The van der Waals surface area contributed by atoms with Gasteiger partial charge in [0, 0.05) is 42.5 Å². The minimum atomic E-state index is -0.368. The van der Waals surface area contributed by atoms with Gasteiger partial charge in [0.05, 0.1) is 56.6 Å². The Morgan fingerprint density at radius 1 is 0.652 bits per heavy atom. The summed E-state index contributed by atoms with van der Waals surface area (Å²) in [5, 5.41) is 4.28. The summed E-state index contributed by atoms with van der Waals surface area (Å²) in [5.41, 5.74) is 7.86. The lowest BCUT2D eigenvalue weighted by atomic mass is 10.1. The number of nitrogens with one attached hydrogen (secondary N) is 2. The van der Waals surface area contributed by atoms with Crippen molar-refractivity contribution in [2.24, 2.45) is 5.10 Å². The van der Waals surface area contributed by atoms with E-state index < -0.39 is 0 Å². The number of aldehydes is 2. The van der Waals surface area contributed by atoms with Crippen LogP contribution in [0, 0.1) is 0 Å². The van der Waals surface area contributed by atoms with E-state index in [1.54, 1.807) is 74.3 Å². The highest BCUT2D eigenvalue weighted by atomic mass is 32.1. The fourth-order valence-electron chi connectivity index (χ4n) is 6.02. The van der Waals surface area contributed by atoms with Crippen molar-refractivity contribution in [2.75, 3.05) is 53.8 Å². The first-order valence-corrected chi connectivity index (χ1v) is 24.5. The van der Waals surface area contributed by atoms with Gasteiger partial charge < -0.3 is 38.2 Å². The largest absolute Gasteiger partial charge is 0.496 e. The van der Waals surface area contributed by atoms with Crippen molar-refractivity contribution in [3.05, 3.63) is 139 Å². The first-order chi connectivity index (χ1) is 33.8. The summed E-state index contributed by atoms with van der Waals surface area (Å²) < 4.78 is 35.8. The molecule has 1 heterocycles. The Kier molecular flexibility index (Phi) is 33.5. The number of hydrogen-bond donors (Lipinski definition) is 2. The molecule has 0 aliphatic carbocycles. The van der Waals surface area contributed by atoms with E-state index in [0.717, 1.165) is 113 Å². The zero-order valence-corrected chi connectivity index (χ0v) is 41.7. The molecule has 13 nitrogen and oxygen atoms in total. The number of rotatable bonds is 31. The van der Waals surface area contributed by atoms with Gasteiger partial charge in [-0.15, -0.1) is 0 Å². The van der Waals surface area contributed by atoms with Crippen LogP contribution < -0.4 is 19.6 Å². The number of ether oxygens (including phenoxy) is 6. The molecular formula is C55H73N3O10S. The lowest BCUT2D eigenvalue weighted by molar-refractivity contribution is -0.138. The number of benzene rings is 4. The van der Waals surface area contributed by atoms with Crippen LogP contribution in [0.2, 0.25) is 0 Å². The predicted molar refractivity (Wildman–Crippen MR) is 278 cm³/mol. The van der Waals surface area contributed by atoms with E-state index in [1.807, 2.05) is 24.4 Å². The molecule has 0 aliphatic heterocycles. The average molecular weight is 968 g/mol. The van der Waals surface area contributed by atoms with Crippen LogP contribution in [0.3, 0.4) is 0 Å². The zero-order valence-electron chi connectivity index (χ0n) is 40.8. The van der Waals surface area contributed by atoms with Crippen molar-refractivity contribution in [1.29, 1.82) is 0 Å². The number of nitrogens with zero attached hydrogens (tertiary/aromatic N) is 1. The molecule has 0 saturated heterocycles. The number of fused-ring (bicyclic) bond motifs is 1. The van der Waals surface area contributed by atoms with Crippen molar-refractivity contribution in [3.63, 3.8) is 0 Å². The van der Waals surface area contributed by atoms with Gasteiger partial charge in [-0.05, 0) is 143 Å². The third kappa shape index (κ3) is 28.4. The summed E-state index contributed by atoms with van der Waals surface area (Å²) in [6.45, 7) is 12.7. The van der Waals surface area contributed by atoms with Crippen molar-refractivity contribution in [3.8, 4) is 17.2 Å². The van der Waals surface area contributed by atoms with Crippen LogP contribution in [-0.4, -0.2) is 88.9 Å². The number of unbranched alkanes of at least 4 members (excludes halogenated alkanes) is 9. The summed E-state index contributed by atoms with van der Waals surface area (Å²) in [6, 6.07) is 28.5. The topological polar surface area (TPSA) is 164 Å². The summed E-state index contributed by atoms with van der Waals surface area (Å²) >= 11 is 1.68. The maximum atomic E-state index is 10.8. The maximum absolute atomic E-state index is 10.8. The third-order valence-electron chi connectivity index (χ3n) is 9.95. The molecular weight excluding hydrogens is 895 g/mol. The number of hydrogen-bond acceptors (Lipinski definition) is 13. The van der Waals surface area contributed by atoms with E-state index in [4.69, 9.17) is 28.4 Å². The van der Waals surface area contributed by atoms with Crippen molar-refractivity contribution >= 4 is 52.5 Å². The Morgan fingerprint density at radius 3 is 1.62 bits per heavy atom. The molecule has 5 rings (SSSR count). The van der Waals surface area contributed by atoms with Crippen LogP contribution in [0.25, 0.3) is 10.2 Å². The number of methoxy groups -OCH3 is 2. The SMILES string of the molecule is C=CC(=O)OCCCCCCOc1ccc(C=O)cc1.C=CC(=O)OCCCCCCOc1ccc(C=O)cc1.CCCCCCN/N=C/c1cc(CCOC)ccc1OC.c1ccc2s[nH]c2c1. The van der Waals surface area contributed by atoms with Crippen molar-refractivity contribution in [2.45, 2.75) is 90.4 Å². The highest BCUT2D eigenvalue weighted by molar-refractivity contribution is 7.15. The summed E-state index contributed by atoms with van der Waals surface area (Å²) in [6.07, 6.45) is 19.3. The van der Waals surface area contributed by atoms with E-state index >= 15 is 0 Å². The molecule has 0 spiro atoms. The molecule has 0 radical (unpaired) electrons. The molecule has 14 heteroatoms. The van der Waals surface area contributed by atoms with E-state index in [0.29, 0.717) is 37.6 Å². The van der Waals surface area contributed by atoms with Gasteiger partial charge >= 0.3 is 11.9 Å². The molecule has 0 fully saturated rings. The number of esters is 2. The standard InChI is InChI=1S/C17H28N2O2.2C16H20O4.C6H5NS/c1-4-5-6-7-11-18-19-14-16-13-15(10-12-20-2)8-9-17(16)21-3;2*1-2-16(18)20-12-6-4-3-5-11-19-15-9-7-14(13-17)8-10-15;1-2-4-6-5(3-1)7-8-6/h8-9,13-14,18H,4-7,10-12H2,1-3H3;2*2,7-10,13H,1,3-6,11-12H2;1-4,7H/b19-14+;;;. The quantitative estimate of drug-likeness (QED) is 0.0108. The molecule has 69 heavy (non-hydrogen) atoms. The van der Waals surface area contributed by atoms with Crippen LogP contribution in [0.4, 0.5) is 0 Å². The zero-order chi connectivity index (χ0) is 50.0. The predicted octanol–water partition coefficient (Wildman–Crippen LogP) is 12.0. The highest BCUT2D eigenvalue weighted by Crippen LogP contribution is 2.19. The first kappa shape index (κ1) is 58.6. The number of aromatic amines is 1. The summed E-state index contributed by atoms with van der Waals surface area (Å²) in [7, 11) is 3.40. The smallest absolute Gasteiger partial charge is 0.330 e. The monoisotopic (exact) mass is 968 g/mol. The fourth-order valence-corrected chi connectivity index (χ4v) is 6.64. The molecule has 1 aromatic heterocycles. The van der Waals surface area contributed by atoms with Crippen LogP contribution >= 0.6 is 11.5 Å². The van der Waals surface area contributed by atoms with E-state index in [1.165, 1.54) is 47.2 Å². The van der Waals surface area contributed by atoms with Crippen molar-refractivity contribution < 1.29 is 47.6 Å². The van der Waals surface area contributed by atoms with Gasteiger partial charge in [0.15, 0.2) is 0 Å². The second-order valence-corrected chi connectivity index (χ2v) is 16.2. The molecule has 2 N–H and O–H groups in total. The minimum absolute atomic E-state index is 0.368. The summed E-state index contributed by atoms with van der Waals surface area (Å²) in [5.74, 6) is 1.65. The van der Waals surface area contributed by atoms with E-state index in [2.05, 4.69) is 59.2 Å². The Bertz CT molecular complexity index is 2050. The normalized spacial score (nSPS) is 10.2. The first-order valence-electron chi connectivity index (χ1n) is 23.7. The lowest BCUT2D eigenvalue weighted by Gasteiger charge is -2.07. The number of para-hydroxylation sites is 1. The summed E-state index contributed by atoms with van der Waals surface area (Å²) in [4.78, 5) is 42.5. The maximum Gasteiger partial charge on any atom is 0.330 e. The molecule has 5 aromatic rings. The van der Waals surface area contributed by atoms with Gasteiger partial charge in [-0.25, -0.2) is 9.59 Å². The van der Waals surface area contributed by atoms with Gasteiger partial charge in [-0.2, -0.15) is 5.10 Å². The molecule has 0 bridgehead atoms. The van der Waals surface area contributed by atoms with Crippen molar-refractivity contribution in [1.82, 2.24) is 9.80 Å². The highest BCUT2D eigenvalue weighted by Gasteiger charge is 2.03. The second kappa shape index (κ2) is 39.5. The molecule has 0 aliphatic rings. The lowest BCUT2D eigenvalue weighted by Crippen LogP contribution is -2.08. The van der Waals surface area contributed by atoms with Gasteiger partial charge in [-0.3, -0.25) is 9.59 Å². The van der Waals surface area contributed by atoms with Gasteiger partial charge in [0.1, 0.15) is 29.8 Å². The third-order valence-corrected chi connectivity index (χ3v) is 10.9. The van der Waals surface area contributed by atoms with Gasteiger partial charge in [0.2, 0.25) is 0 Å². The fraction of sp³-hybridized carbons (Fsp3) is 0.400. The van der Waals surface area contributed by atoms with Gasteiger partial charge in [-0.1, -0.05) is 69.1 Å². The number of carbonyl (C=O) groups is 4. The molecule has 374 valence electrons. The molecule has 0 unspecified atom stereocenters. The van der Waals surface area contributed by atoms with E-state index in [-0.39, 0.29) is 11.9 Å². The van der Waals surface area contributed by atoms with Crippen LogP contribution in [0.5, 0.6) is 17.2 Å². The Hall–Kier alpha value is -6.51. The number of H-pyrrole nitrogens is 1. The molecule has 0 saturated carbocycles. The second-order valence-electron chi connectivity index (χ2n) is 15.4. The average Bonchev–Trinajstić information content (AvgIpc) is 3.38. The molecule has 0 amide bonds. The Balaban J connectivity index is 0.000000327. The van der Waals surface area contributed by atoms with E-state index in [9.17, 15) is 19.2 Å². The number of hydrazone groups is 1.